The molecule has 0 aliphatic rings. The number of rotatable bonds is 8. The van der Waals surface area contributed by atoms with E-state index in [1.54, 1.807) is 54.6 Å². The molecular formula is C29H28ClN7O3. The minimum atomic E-state index is -0.389. The van der Waals surface area contributed by atoms with Gasteiger partial charge < -0.3 is 21.1 Å². The van der Waals surface area contributed by atoms with E-state index in [0.29, 0.717) is 39.7 Å². The van der Waals surface area contributed by atoms with E-state index in [4.69, 9.17) is 10.5 Å². The van der Waals surface area contributed by atoms with Crippen LogP contribution in [0, 0.1) is 0 Å². The number of hydrogen-bond acceptors (Lipinski definition) is 7. The summed E-state index contributed by atoms with van der Waals surface area (Å²) in [6.45, 7) is 1.93. The summed E-state index contributed by atoms with van der Waals surface area (Å²) in [4.78, 5) is 34.7. The van der Waals surface area contributed by atoms with Gasteiger partial charge in [0.1, 0.15) is 23.3 Å². The third-order valence-corrected chi connectivity index (χ3v) is 6.09. The number of amides is 1. The summed E-state index contributed by atoms with van der Waals surface area (Å²) in [7, 11) is 1.81. The lowest BCUT2D eigenvalue weighted by molar-refractivity contribution is -0.111. The number of para-hydroxylation sites is 1. The zero-order chi connectivity index (χ0) is 27.4. The summed E-state index contributed by atoms with van der Waals surface area (Å²) in [5.74, 6) is 1.20. The van der Waals surface area contributed by atoms with Crippen molar-refractivity contribution in [3.05, 3.63) is 108 Å². The molecule has 1 amide bonds. The van der Waals surface area contributed by atoms with Crippen LogP contribution in [0.2, 0.25) is 0 Å². The first kappa shape index (κ1) is 28.1. The molecule has 2 heterocycles. The smallest absolute Gasteiger partial charge is 0.339 e. The number of benzene rings is 3. The van der Waals surface area contributed by atoms with Crippen LogP contribution in [0.5, 0.6) is 11.5 Å². The molecule has 4 N–H and O–H groups in total. The molecule has 0 radical (unpaired) electrons. The van der Waals surface area contributed by atoms with Crippen molar-refractivity contribution in [3.63, 3.8) is 0 Å². The largest absolute Gasteiger partial charge is 0.457 e. The van der Waals surface area contributed by atoms with Gasteiger partial charge in [-0.3, -0.25) is 9.36 Å². The highest BCUT2D eigenvalue weighted by Gasteiger charge is 2.20. The first-order chi connectivity index (χ1) is 18.9. The Kier molecular flexibility index (Phi) is 8.63. The van der Waals surface area contributed by atoms with E-state index in [2.05, 4.69) is 20.6 Å². The van der Waals surface area contributed by atoms with Gasteiger partial charge in [-0.15, -0.1) is 12.4 Å². The highest BCUT2D eigenvalue weighted by Crippen LogP contribution is 2.26. The summed E-state index contributed by atoms with van der Waals surface area (Å²) in [6, 6.07) is 23.5. The minimum absolute atomic E-state index is 0. The lowest BCUT2D eigenvalue weighted by Crippen LogP contribution is -2.22. The SMILES string of the molecule is CNC(C)/C=C/C(=O)Nc1cccc(-n2c(=O)n(-c3ccc(Oc4ccccc4)cc3)c3c(N)ncnc32)c1.Cl. The number of carbonyl (C=O) groups excluding carboxylic acids is 1. The van der Waals surface area contributed by atoms with Crippen molar-refractivity contribution < 1.29 is 9.53 Å². The van der Waals surface area contributed by atoms with Gasteiger partial charge in [0.05, 0.1) is 11.4 Å². The number of hydrogen-bond donors (Lipinski definition) is 3. The number of nitrogens with one attached hydrogen (secondary N) is 2. The van der Waals surface area contributed by atoms with Crippen LogP contribution in [0.25, 0.3) is 22.5 Å². The number of aromatic nitrogens is 4. The molecule has 0 aliphatic heterocycles. The van der Waals surface area contributed by atoms with Crippen LogP contribution in [0.3, 0.4) is 0 Å². The summed E-state index contributed by atoms with van der Waals surface area (Å²) >= 11 is 0. The molecule has 1 atom stereocenters. The quantitative estimate of drug-likeness (QED) is 0.240. The van der Waals surface area contributed by atoms with Gasteiger partial charge in [-0.1, -0.05) is 30.3 Å². The molecule has 11 heteroatoms. The molecule has 10 nitrogen and oxygen atoms in total. The van der Waals surface area contributed by atoms with Crippen molar-refractivity contribution in [2.45, 2.75) is 13.0 Å². The lowest BCUT2D eigenvalue weighted by atomic mass is 10.2. The first-order valence-corrected chi connectivity index (χ1v) is 12.3. The zero-order valence-corrected chi connectivity index (χ0v) is 22.6. The Morgan fingerprint density at radius 2 is 1.68 bits per heavy atom. The highest BCUT2D eigenvalue weighted by atomic mass is 35.5. The maximum Gasteiger partial charge on any atom is 0.339 e. The van der Waals surface area contributed by atoms with Crippen LogP contribution in [0.15, 0.2) is 102 Å². The van der Waals surface area contributed by atoms with Crippen molar-refractivity contribution in [1.82, 2.24) is 24.4 Å². The van der Waals surface area contributed by atoms with Crippen LogP contribution in [0.1, 0.15) is 6.92 Å². The number of ether oxygens (including phenoxy) is 1. The molecule has 0 spiro atoms. The molecule has 0 saturated carbocycles. The van der Waals surface area contributed by atoms with E-state index in [9.17, 15) is 9.59 Å². The molecule has 204 valence electrons. The number of imidazole rings is 1. The second-order valence-corrected chi connectivity index (χ2v) is 8.77. The Morgan fingerprint density at radius 3 is 2.40 bits per heavy atom. The summed E-state index contributed by atoms with van der Waals surface area (Å²) in [6.07, 6.45) is 4.53. The van der Waals surface area contributed by atoms with Gasteiger partial charge in [-0.05, 0) is 68.6 Å². The molecule has 40 heavy (non-hydrogen) atoms. The molecular weight excluding hydrogens is 530 g/mol. The molecule has 0 aliphatic carbocycles. The standard InChI is InChI=1S/C29H27N7O3.ClH/c1-19(31-2)11-16-25(37)34-20-7-6-8-22(17-20)36-28-26(27(30)32-18-33-28)35(29(36)38)21-12-14-24(15-13-21)39-23-9-4-3-5-10-23;/h3-19,31H,1-2H3,(H,34,37)(H2,30,32,33);1H/b16-11+;. The van der Waals surface area contributed by atoms with Gasteiger partial charge >= 0.3 is 5.69 Å². The van der Waals surface area contributed by atoms with E-state index in [0.717, 1.165) is 0 Å². The molecule has 2 aromatic heterocycles. The van der Waals surface area contributed by atoms with Crippen LogP contribution in [-0.4, -0.2) is 38.1 Å². The molecule has 5 rings (SSSR count). The van der Waals surface area contributed by atoms with Crippen molar-refractivity contribution in [2.24, 2.45) is 0 Å². The number of nitrogens with two attached hydrogens (primary N) is 1. The predicted octanol–water partition coefficient (Wildman–Crippen LogP) is 4.47. The lowest BCUT2D eigenvalue weighted by Gasteiger charge is -2.08. The maximum absolute atomic E-state index is 13.8. The van der Waals surface area contributed by atoms with Crippen LogP contribution in [0.4, 0.5) is 11.5 Å². The van der Waals surface area contributed by atoms with E-state index < -0.39 is 0 Å². The predicted molar refractivity (Wildman–Crippen MR) is 159 cm³/mol. The molecule has 5 aromatic rings. The van der Waals surface area contributed by atoms with Crippen molar-refractivity contribution in [3.8, 4) is 22.9 Å². The van der Waals surface area contributed by atoms with Gasteiger partial charge in [0.2, 0.25) is 5.91 Å². The first-order valence-electron chi connectivity index (χ1n) is 12.3. The third kappa shape index (κ3) is 5.88. The normalized spacial score (nSPS) is 11.8. The van der Waals surface area contributed by atoms with Gasteiger partial charge in [0, 0.05) is 17.8 Å². The molecule has 1 unspecified atom stereocenters. The average Bonchev–Trinajstić information content (AvgIpc) is 3.25. The van der Waals surface area contributed by atoms with E-state index in [1.807, 2.05) is 44.3 Å². The summed E-state index contributed by atoms with van der Waals surface area (Å²) in [5.41, 5.74) is 8.16. The second kappa shape index (κ2) is 12.3. The van der Waals surface area contributed by atoms with Gasteiger partial charge in [-0.25, -0.2) is 19.3 Å². The number of nitrogens with zero attached hydrogens (tertiary/aromatic N) is 4. The van der Waals surface area contributed by atoms with Gasteiger partial charge in [0.15, 0.2) is 11.5 Å². The van der Waals surface area contributed by atoms with Crippen LogP contribution in [-0.2, 0) is 4.79 Å². The summed E-state index contributed by atoms with van der Waals surface area (Å²) < 4.78 is 8.79. The van der Waals surface area contributed by atoms with E-state index in [1.165, 1.54) is 21.5 Å². The van der Waals surface area contributed by atoms with E-state index >= 15 is 0 Å². The number of likely N-dealkylation sites (N-methyl/N-ethyl adjacent to an activating group) is 1. The topological polar surface area (TPSA) is 129 Å². The fraction of sp³-hybridized carbons (Fsp3) is 0.103. The minimum Gasteiger partial charge on any atom is -0.457 e. The average molecular weight is 558 g/mol. The fourth-order valence-corrected chi connectivity index (χ4v) is 4.04. The Balaban J connectivity index is 0.00000370. The third-order valence-electron chi connectivity index (χ3n) is 6.09. The highest BCUT2D eigenvalue weighted by molar-refractivity contribution is 5.99. The molecule has 0 saturated heterocycles. The number of fused-ring (bicyclic) bond motifs is 1. The zero-order valence-electron chi connectivity index (χ0n) is 21.8. The monoisotopic (exact) mass is 557 g/mol. The van der Waals surface area contributed by atoms with Crippen molar-refractivity contribution in [2.75, 3.05) is 18.1 Å². The molecule has 3 aromatic carbocycles. The second-order valence-electron chi connectivity index (χ2n) is 8.77. The molecule has 0 fully saturated rings. The number of halogens is 1. The number of anilines is 2. The maximum atomic E-state index is 13.8. The van der Waals surface area contributed by atoms with Crippen LogP contribution < -0.4 is 26.8 Å². The summed E-state index contributed by atoms with van der Waals surface area (Å²) in [5, 5.41) is 5.86. The van der Waals surface area contributed by atoms with Crippen LogP contribution >= 0.6 is 12.4 Å². The Morgan fingerprint density at radius 1 is 0.950 bits per heavy atom. The van der Waals surface area contributed by atoms with Crippen molar-refractivity contribution >= 4 is 41.0 Å². The number of nitrogen functional groups attached to an aromatic ring is 1. The van der Waals surface area contributed by atoms with Gasteiger partial charge in [-0.2, -0.15) is 0 Å². The van der Waals surface area contributed by atoms with E-state index in [-0.39, 0.29) is 35.9 Å². The number of carbonyl (C=O) groups is 1. The fourth-order valence-electron chi connectivity index (χ4n) is 4.04. The Hall–Kier alpha value is -4.93. The Bertz CT molecular complexity index is 1710. The Labute approximate surface area is 236 Å². The van der Waals surface area contributed by atoms with Crippen molar-refractivity contribution in [1.29, 1.82) is 0 Å². The molecule has 0 bridgehead atoms. The van der Waals surface area contributed by atoms with Gasteiger partial charge in [0.25, 0.3) is 0 Å².